The van der Waals surface area contributed by atoms with Gasteiger partial charge in [0.2, 0.25) is 0 Å². The number of methoxy groups -OCH3 is 1. The van der Waals surface area contributed by atoms with Crippen molar-refractivity contribution < 1.29 is 49.0 Å². The minimum atomic E-state index is -2.07. The average molecular weight is 647 g/mol. The highest BCUT2D eigenvalue weighted by atomic mass is 16.6. The van der Waals surface area contributed by atoms with Crippen molar-refractivity contribution >= 4 is 17.7 Å². The van der Waals surface area contributed by atoms with Crippen molar-refractivity contribution in [3.05, 3.63) is 95.1 Å². The maximum absolute atomic E-state index is 13.5. The summed E-state index contributed by atoms with van der Waals surface area (Å²) in [7, 11) is 1.39. The molecule has 10 nitrogen and oxygen atoms in total. The van der Waals surface area contributed by atoms with Crippen molar-refractivity contribution in [3.63, 3.8) is 0 Å². The molecule has 0 spiro atoms. The molecule has 1 saturated carbocycles. The molecule has 10 heteroatoms. The molecule has 7 atom stereocenters. The lowest BCUT2D eigenvalue weighted by atomic mass is 9.55. The number of phenols is 1. The first-order valence-electron chi connectivity index (χ1n) is 15.6. The van der Waals surface area contributed by atoms with Crippen molar-refractivity contribution in [1.82, 2.24) is 0 Å². The third-order valence-electron chi connectivity index (χ3n) is 10.0. The van der Waals surface area contributed by atoms with Gasteiger partial charge in [-0.3, -0.25) is 14.4 Å². The molecule has 47 heavy (non-hydrogen) atoms. The number of phenolic OH excluding ortho intramolecular Hbond substituents is 1. The zero-order valence-electron chi connectivity index (χ0n) is 27.1. The number of aliphatic hydroxyl groups is 3. The number of Topliss-reactive ketones (excluding diaryl/α,β-unsaturated/α-hetero) is 1. The molecular formula is C37H42O10. The molecule has 2 aromatic carbocycles. The Hall–Kier alpha value is -4.25. The van der Waals surface area contributed by atoms with E-state index < -0.39 is 58.4 Å². The predicted octanol–water partition coefficient (Wildman–Crippen LogP) is 3.54. The monoisotopic (exact) mass is 646 g/mol. The highest BCUT2D eigenvalue weighted by molar-refractivity contribution is 6.04. The van der Waals surface area contributed by atoms with Crippen molar-refractivity contribution in [2.75, 3.05) is 13.7 Å². The van der Waals surface area contributed by atoms with E-state index in [1.807, 2.05) is 6.07 Å². The van der Waals surface area contributed by atoms with Crippen LogP contribution in [0.3, 0.4) is 0 Å². The molecule has 5 rings (SSSR count). The minimum absolute atomic E-state index is 0.0550. The Balaban J connectivity index is 1.52. The van der Waals surface area contributed by atoms with E-state index in [9.17, 15) is 34.8 Å². The first-order valence-corrected chi connectivity index (χ1v) is 15.6. The Kier molecular flexibility index (Phi) is 9.25. The third kappa shape index (κ3) is 6.13. The van der Waals surface area contributed by atoms with Gasteiger partial charge in [0.1, 0.15) is 23.9 Å². The van der Waals surface area contributed by atoms with E-state index in [0.29, 0.717) is 22.3 Å². The van der Waals surface area contributed by atoms with Crippen LogP contribution in [-0.4, -0.2) is 74.8 Å². The number of aromatic hydroxyl groups is 1. The van der Waals surface area contributed by atoms with Gasteiger partial charge < -0.3 is 34.6 Å². The van der Waals surface area contributed by atoms with E-state index in [2.05, 4.69) is 6.58 Å². The van der Waals surface area contributed by atoms with E-state index in [0.717, 1.165) is 0 Å². The highest BCUT2D eigenvalue weighted by Crippen LogP contribution is 2.58. The van der Waals surface area contributed by atoms with Crippen molar-refractivity contribution in [2.24, 2.45) is 17.8 Å². The zero-order valence-corrected chi connectivity index (χ0v) is 27.1. The minimum Gasteiger partial charge on any atom is -0.504 e. The molecule has 0 aliphatic heterocycles. The van der Waals surface area contributed by atoms with Crippen LogP contribution >= 0.6 is 0 Å². The predicted molar refractivity (Wildman–Crippen MR) is 171 cm³/mol. The maximum Gasteiger partial charge on any atom is 0.310 e. The van der Waals surface area contributed by atoms with E-state index in [1.165, 1.54) is 19.2 Å². The Morgan fingerprint density at radius 3 is 2.34 bits per heavy atom. The SMILES string of the molecule is C=C(C)[C@]1(O)C[C@@H](C)[C@@]2(O)[C@@H](C=C(COC(=O)Cc3ccc(O)c(OC)c3)C[C@]3(O)C(=O)C(C)=C[C@@H]23)[C@H]1OC(=O)Cc1ccccc1. The van der Waals surface area contributed by atoms with E-state index in [1.54, 1.807) is 63.3 Å². The van der Waals surface area contributed by atoms with Gasteiger partial charge in [0.25, 0.3) is 0 Å². The molecule has 3 aliphatic rings. The van der Waals surface area contributed by atoms with Gasteiger partial charge >= 0.3 is 11.9 Å². The van der Waals surface area contributed by atoms with Gasteiger partial charge in [0, 0.05) is 18.3 Å². The molecular weight excluding hydrogens is 604 g/mol. The van der Waals surface area contributed by atoms with Crippen LogP contribution in [0.4, 0.5) is 0 Å². The summed E-state index contributed by atoms with van der Waals surface area (Å²) in [5.74, 6) is -4.65. The van der Waals surface area contributed by atoms with Gasteiger partial charge in [0.05, 0.1) is 25.6 Å². The average Bonchev–Trinajstić information content (AvgIpc) is 3.19. The molecule has 0 radical (unpaired) electrons. The number of ketones is 1. The topological polar surface area (TPSA) is 160 Å². The summed E-state index contributed by atoms with van der Waals surface area (Å²) in [5.41, 5.74) is -3.55. The second kappa shape index (κ2) is 12.7. The van der Waals surface area contributed by atoms with E-state index in [4.69, 9.17) is 14.2 Å². The number of rotatable bonds is 9. The number of fused-ring (bicyclic) bond motifs is 3. The van der Waals surface area contributed by atoms with Gasteiger partial charge in [-0.2, -0.15) is 0 Å². The Bertz CT molecular complexity index is 1640. The summed E-state index contributed by atoms with van der Waals surface area (Å²) in [5, 5.41) is 46.7. The first-order chi connectivity index (χ1) is 22.1. The Morgan fingerprint density at radius 1 is 1.00 bits per heavy atom. The molecule has 0 unspecified atom stereocenters. The number of hydrogen-bond donors (Lipinski definition) is 4. The largest absolute Gasteiger partial charge is 0.504 e. The second-order valence-electron chi connectivity index (χ2n) is 13.2. The lowest BCUT2D eigenvalue weighted by molar-refractivity contribution is -0.232. The number of carbonyl (C=O) groups excluding carboxylic acids is 3. The fourth-order valence-electron chi connectivity index (χ4n) is 7.52. The molecule has 3 aliphatic carbocycles. The molecule has 1 fully saturated rings. The maximum atomic E-state index is 13.5. The van der Waals surface area contributed by atoms with Crippen LogP contribution < -0.4 is 4.74 Å². The molecule has 4 N–H and O–H groups in total. The summed E-state index contributed by atoms with van der Waals surface area (Å²) >= 11 is 0. The lowest BCUT2D eigenvalue weighted by Crippen LogP contribution is -2.68. The van der Waals surface area contributed by atoms with Crippen LogP contribution in [0.5, 0.6) is 11.5 Å². The van der Waals surface area contributed by atoms with Crippen molar-refractivity contribution in [2.45, 2.75) is 69.4 Å². The van der Waals surface area contributed by atoms with Crippen LogP contribution in [-0.2, 0) is 36.7 Å². The molecule has 0 heterocycles. The fraction of sp³-hybridized carbons (Fsp3) is 0.432. The van der Waals surface area contributed by atoms with Gasteiger partial charge in [-0.15, -0.1) is 0 Å². The summed E-state index contributed by atoms with van der Waals surface area (Å²) in [6.07, 6.45) is 1.22. The first kappa shape index (κ1) is 34.1. The van der Waals surface area contributed by atoms with Gasteiger partial charge in [-0.1, -0.05) is 62.1 Å². The third-order valence-corrected chi connectivity index (χ3v) is 10.0. The fourth-order valence-corrected chi connectivity index (χ4v) is 7.52. The highest BCUT2D eigenvalue weighted by Gasteiger charge is 2.68. The molecule has 250 valence electrons. The van der Waals surface area contributed by atoms with Gasteiger partial charge in [-0.05, 0) is 66.2 Å². The summed E-state index contributed by atoms with van der Waals surface area (Å²) in [6, 6.07) is 13.4. The number of benzene rings is 2. The summed E-state index contributed by atoms with van der Waals surface area (Å²) < 4.78 is 16.8. The van der Waals surface area contributed by atoms with E-state index >= 15 is 0 Å². The van der Waals surface area contributed by atoms with Crippen LogP contribution in [0, 0.1) is 17.8 Å². The number of esters is 2. The molecule has 2 aromatic rings. The molecule has 0 aromatic heterocycles. The number of hydrogen-bond acceptors (Lipinski definition) is 10. The number of carbonyl (C=O) groups is 3. The summed E-state index contributed by atoms with van der Waals surface area (Å²) in [6.45, 7) is 8.57. The Labute approximate surface area is 274 Å². The number of ether oxygens (including phenoxy) is 3. The van der Waals surface area contributed by atoms with Crippen molar-refractivity contribution in [1.29, 1.82) is 0 Å². The van der Waals surface area contributed by atoms with Gasteiger partial charge in [0.15, 0.2) is 17.3 Å². The van der Waals surface area contributed by atoms with Gasteiger partial charge in [-0.25, -0.2) is 0 Å². The quantitative estimate of drug-likeness (QED) is 0.234. The van der Waals surface area contributed by atoms with Crippen molar-refractivity contribution in [3.8, 4) is 11.5 Å². The van der Waals surface area contributed by atoms with Crippen LogP contribution in [0.1, 0.15) is 44.7 Å². The molecule has 0 saturated heterocycles. The molecule has 0 amide bonds. The standard InChI is InChI=1S/C37H42O10/c1-21(2)35(42)18-23(4)37(44)27(34(35)47-32(40)16-24-9-7-6-8-10-24)14-26(19-36(43)30(37)13-22(3)33(36)41)20-46-31(39)17-25-11-12-28(38)29(15-25)45-5/h6-15,23,27,30,34,38,42-44H,1,16-20H2,2-5H3/t23-,27+,30-,34-,35-,36-,37-/m1/s1. The lowest BCUT2D eigenvalue weighted by Gasteiger charge is -2.56. The zero-order chi connectivity index (χ0) is 34.3. The normalized spacial score (nSPS) is 31.4. The molecule has 0 bridgehead atoms. The van der Waals surface area contributed by atoms with E-state index in [-0.39, 0.29) is 49.4 Å². The smallest absolute Gasteiger partial charge is 0.310 e. The second-order valence-corrected chi connectivity index (χ2v) is 13.2. The van der Waals surface area contributed by atoms with Crippen LogP contribution in [0.25, 0.3) is 0 Å². The Morgan fingerprint density at radius 2 is 1.68 bits per heavy atom. The summed E-state index contributed by atoms with van der Waals surface area (Å²) in [4.78, 5) is 39.9. The van der Waals surface area contributed by atoms with Crippen LogP contribution in [0.15, 0.2) is 84.0 Å². The van der Waals surface area contributed by atoms with Crippen LogP contribution in [0.2, 0.25) is 0 Å².